The smallest absolute Gasteiger partial charge is 0.428 e. The number of hydrogen-bond acceptors (Lipinski definition) is 4. The molecule has 0 fully saturated rings. The van der Waals surface area contributed by atoms with Gasteiger partial charge in [0.25, 0.3) is 0 Å². The van der Waals surface area contributed by atoms with Gasteiger partial charge in [-0.05, 0) is 19.4 Å². The number of ether oxygens (including phenoxy) is 1. The van der Waals surface area contributed by atoms with Crippen molar-refractivity contribution in [3.63, 3.8) is 0 Å². The van der Waals surface area contributed by atoms with Gasteiger partial charge in [-0.3, -0.25) is 0 Å². The first-order valence-corrected chi connectivity index (χ1v) is 5.39. The summed E-state index contributed by atoms with van der Waals surface area (Å²) in [7, 11) is 0. The van der Waals surface area contributed by atoms with E-state index < -0.39 is 6.16 Å². The minimum Gasteiger partial charge on any atom is -0.428 e. The summed E-state index contributed by atoms with van der Waals surface area (Å²) in [5, 5.41) is 1.54. The lowest BCUT2D eigenvalue weighted by atomic mass is 10.2. The number of nitrogens with zero attached hydrogens (tertiary/aromatic N) is 1. The van der Waals surface area contributed by atoms with Crippen molar-refractivity contribution < 1.29 is 14.4 Å². The minimum atomic E-state index is -0.660. The Balaban J connectivity index is 2.30. The van der Waals surface area contributed by atoms with E-state index >= 15 is 0 Å². The fraction of sp³-hybridized carbons (Fsp3) is 0.417. The summed E-state index contributed by atoms with van der Waals surface area (Å²) in [4.78, 5) is 16.2. The Morgan fingerprint density at radius 3 is 2.38 bits per heavy atom. The topological polar surface area (TPSA) is 38.8 Å². The van der Waals surface area contributed by atoms with Crippen molar-refractivity contribution in [2.24, 2.45) is 0 Å². The molecule has 0 N–H and O–H groups in total. The molecule has 0 spiro atoms. The fourth-order valence-electron chi connectivity index (χ4n) is 1.20. The van der Waals surface area contributed by atoms with E-state index in [4.69, 9.17) is 9.57 Å². The number of hydroxylamine groups is 2. The molecule has 16 heavy (non-hydrogen) atoms. The van der Waals surface area contributed by atoms with E-state index in [-0.39, 0.29) is 6.61 Å². The monoisotopic (exact) mass is 223 g/mol. The summed E-state index contributed by atoms with van der Waals surface area (Å²) >= 11 is 0. The standard InChI is InChI=1S/C12H17NO3/c1-3-13(4-2)16-12(14)15-10-11-8-6-5-7-9-11/h5-9H,3-4,10H2,1-2H3. The van der Waals surface area contributed by atoms with Gasteiger partial charge in [-0.2, -0.15) is 0 Å². The van der Waals surface area contributed by atoms with Gasteiger partial charge >= 0.3 is 6.16 Å². The van der Waals surface area contributed by atoms with Crippen LogP contribution in [0.2, 0.25) is 0 Å². The number of carbonyl (C=O) groups excluding carboxylic acids is 1. The maximum Gasteiger partial charge on any atom is 0.528 e. The van der Waals surface area contributed by atoms with Crippen LogP contribution < -0.4 is 0 Å². The second-order valence-corrected chi connectivity index (χ2v) is 3.23. The Kier molecular flexibility index (Phi) is 5.36. The molecule has 0 saturated carbocycles. The van der Waals surface area contributed by atoms with Gasteiger partial charge in [0.2, 0.25) is 0 Å². The Bertz CT molecular complexity index is 309. The first-order valence-electron chi connectivity index (χ1n) is 5.39. The lowest BCUT2D eigenvalue weighted by molar-refractivity contribution is -0.123. The summed E-state index contributed by atoms with van der Waals surface area (Å²) < 4.78 is 4.96. The quantitative estimate of drug-likeness (QED) is 0.568. The molecule has 0 radical (unpaired) electrons. The molecule has 0 bridgehead atoms. The lowest BCUT2D eigenvalue weighted by Gasteiger charge is -2.16. The lowest BCUT2D eigenvalue weighted by Crippen LogP contribution is -2.27. The first-order chi connectivity index (χ1) is 7.76. The van der Waals surface area contributed by atoms with Crippen molar-refractivity contribution in [1.29, 1.82) is 0 Å². The van der Waals surface area contributed by atoms with Gasteiger partial charge in [0, 0.05) is 13.1 Å². The average molecular weight is 223 g/mol. The SMILES string of the molecule is CCN(CC)OC(=O)OCc1ccccc1. The van der Waals surface area contributed by atoms with E-state index in [2.05, 4.69) is 0 Å². The Hall–Kier alpha value is -1.55. The van der Waals surface area contributed by atoms with Crippen LogP contribution in [0.5, 0.6) is 0 Å². The molecule has 4 heteroatoms. The molecule has 1 aromatic rings. The van der Waals surface area contributed by atoms with E-state index in [1.54, 1.807) is 0 Å². The highest BCUT2D eigenvalue weighted by Gasteiger charge is 2.09. The summed E-state index contributed by atoms with van der Waals surface area (Å²) in [6.07, 6.45) is -0.660. The van der Waals surface area contributed by atoms with Crippen molar-refractivity contribution >= 4 is 6.16 Å². The second kappa shape index (κ2) is 6.85. The molecular weight excluding hydrogens is 206 g/mol. The van der Waals surface area contributed by atoms with Crippen LogP contribution in [-0.2, 0) is 16.2 Å². The second-order valence-electron chi connectivity index (χ2n) is 3.23. The normalized spacial score (nSPS) is 10.2. The zero-order valence-electron chi connectivity index (χ0n) is 9.68. The van der Waals surface area contributed by atoms with Crippen LogP contribution in [0.4, 0.5) is 4.79 Å². The number of rotatable bonds is 5. The highest BCUT2D eigenvalue weighted by atomic mass is 16.8. The van der Waals surface area contributed by atoms with Crippen LogP contribution in [0, 0.1) is 0 Å². The van der Waals surface area contributed by atoms with Gasteiger partial charge in [0.05, 0.1) is 0 Å². The summed E-state index contributed by atoms with van der Waals surface area (Å²) in [5.74, 6) is 0. The van der Waals surface area contributed by atoms with Crippen molar-refractivity contribution in [3.8, 4) is 0 Å². The molecule has 0 heterocycles. The molecule has 0 aliphatic heterocycles. The molecule has 4 nitrogen and oxygen atoms in total. The Labute approximate surface area is 95.7 Å². The third kappa shape index (κ3) is 4.31. The Morgan fingerprint density at radius 1 is 1.19 bits per heavy atom. The van der Waals surface area contributed by atoms with Crippen LogP contribution in [0.15, 0.2) is 30.3 Å². The van der Waals surface area contributed by atoms with Crippen LogP contribution in [0.1, 0.15) is 19.4 Å². The number of benzene rings is 1. The van der Waals surface area contributed by atoms with Crippen molar-refractivity contribution in [3.05, 3.63) is 35.9 Å². The van der Waals surface area contributed by atoms with Crippen molar-refractivity contribution in [1.82, 2.24) is 5.06 Å². The predicted octanol–water partition coefficient (Wildman–Crippen LogP) is 2.60. The summed E-state index contributed by atoms with van der Waals surface area (Å²) in [5.41, 5.74) is 0.944. The van der Waals surface area contributed by atoms with Crippen LogP contribution >= 0.6 is 0 Å². The predicted molar refractivity (Wildman–Crippen MR) is 60.6 cm³/mol. The van der Waals surface area contributed by atoms with Gasteiger partial charge < -0.3 is 9.57 Å². The maximum atomic E-state index is 11.3. The molecule has 1 rings (SSSR count). The molecule has 0 aliphatic rings. The maximum absolute atomic E-state index is 11.3. The van der Waals surface area contributed by atoms with Crippen molar-refractivity contribution in [2.75, 3.05) is 13.1 Å². The fourth-order valence-corrected chi connectivity index (χ4v) is 1.20. The van der Waals surface area contributed by atoms with Crippen LogP contribution in [0.3, 0.4) is 0 Å². The molecule has 0 unspecified atom stereocenters. The Morgan fingerprint density at radius 2 is 1.81 bits per heavy atom. The highest BCUT2D eigenvalue weighted by molar-refractivity contribution is 5.59. The zero-order chi connectivity index (χ0) is 11.8. The summed E-state index contributed by atoms with van der Waals surface area (Å²) in [6.45, 7) is 5.36. The van der Waals surface area contributed by atoms with E-state index in [9.17, 15) is 4.79 Å². The zero-order valence-corrected chi connectivity index (χ0v) is 9.68. The molecule has 0 atom stereocenters. The molecule has 0 aromatic heterocycles. The van der Waals surface area contributed by atoms with Crippen molar-refractivity contribution in [2.45, 2.75) is 20.5 Å². The molecular formula is C12H17NO3. The molecule has 0 amide bonds. The molecule has 1 aromatic carbocycles. The van der Waals surface area contributed by atoms with Crippen LogP contribution in [0.25, 0.3) is 0 Å². The largest absolute Gasteiger partial charge is 0.528 e. The van der Waals surface area contributed by atoms with Gasteiger partial charge in [0.15, 0.2) is 0 Å². The van der Waals surface area contributed by atoms with E-state index in [0.717, 1.165) is 5.56 Å². The number of hydrogen-bond donors (Lipinski definition) is 0. The van der Waals surface area contributed by atoms with E-state index in [0.29, 0.717) is 13.1 Å². The molecule has 88 valence electrons. The minimum absolute atomic E-state index is 0.237. The third-order valence-electron chi connectivity index (χ3n) is 2.11. The average Bonchev–Trinajstić information content (AvgIpc) is 2.34. The van der Waals surface area contributed by atoms with Gasteiger partial charge in [-0.15, -0.1) is 5.06 Å². The summed E-state index contributed by atoms with van der Waals surface area (Å²) in [6, 6.07) is 9.50. The van der Waals surface area contributed by atoms with E-state index in [1.165, 1.54) is 5.06 Å². The number of carbonyl (C=O) groups is 1. The molecule has 0 aliphatic carbocycles. The molecule has 0 saturated heterocycles. The third-order valence-corrected chi connectivity index (χ3v) is 2.11. The van der Waals surface area contributed by atoms with Gasteiger partial charge in [-0.1, -0.05) is 30.3 Å². The van der Waals surface area contributed by atoms with Gasteiger partial charge in [-0.25, -0.2) is 4.79 Å². The first kappa shape index (κ1) is 12.5. The van der Waals surface area contributed by atoms with Crippen LogP contribution in [-0.4, -0.2) is 24.3 Å². The van der Waals surface area contributed by atoms with Gasteiger partial charge in [0.1, 0.15) is 6.61 Å². The highest BCUT2D eigenvalue weighted by Crippen LogP contribution is 2.02. The van der Waals surface area contributed by atoms with E-state index in [1.807, 2.05) is 44.2 Å².